The summed E-state index contributed by atoms with van der Waals surface area (Å²) in [5.74, 6) is 0.279. The summed E-state index contributed by atoms with van der Waals surface area (Å²) in [4.78, 5) is 18.7. The minimum absolute atomic E-state index is 0.111. The predicted molar refractivity (Wildman–Crippen MR) is 213 cm³/mol. The van der Waals surface area contributed by atoms with Crippen molar-refractivity contribution in [3.05, 3.63) is 41.4 Å². The van der Waals surface area contributed by atoms with Crippen LogP contribution in [0.15, 0.2) is 40.2 Å². The molecule has 5 N–H and O–H groups in total. The molecule has 3 aliphatic rings. The van der Waals surface area contributed by atoms with Crippen LogP contribution in [-0.4, -0.2) is 99.8 Å². The zero-order valence-electron chi connectivity index (χ0n) is 33.4. The Hall–Kier alpha value is -2.77. The summed E-state index contributed by atoms with van der Waals surface area (Å²) in [5.41, 5.74) is 6.00. The van der Waals surface area contributed by atoms with Crippen molar-refractivity contribution in [1.82, 2.24) is 9.99 Å². The van der Waals surface area contributed by atoms with Gasteiger partial charge in [0.25, 0.3) is 0 Å². The number of aromatic nitrogens is 1. The second kappa shape index (κ2) is 24.2. The van der Waals surface area contributed by atoms with Crippen molar-refractivity contribution in [1.29, 1.82) is 5.26 Å². The first-order valence-corrected chi connectivity index (χ1v) is 22.1. The third kappa shape index (κ3) is 14.9. The molecule has 0 saturated carbocycles. The average Bonchev–Trinajstić information content (AvgIpc) is 3.73. The van der Waals surface area contributed by atoms with Crippen LogP contribution < -0.4 is 5.73 Å². The molecule has 2 unspecified atom stereocenters. The van der Waals surface area contributed by atoms with Crippen molar-refractivity contribution in [2.24, 2.45) is 15.8 Å². The highest BCUT2D eigenvalue weighted by molar-refractivity contribution is 7.47. The van der Waals surface area contributed by atoms with Crippen LogP contribution in [0.2, 0.25) is 0 Å². The van der Waals surface area contributed by atoms with Crippen molar-refractivity contribution >= 4 is 20.0 Å². The molecule has 3 aliphatic heterocycles. The zero-order chi connectivity index (χ0) is 40.2. The summed E-state index contributed by atoms with van der Waals surface area (Å²) in [6.07, 6.45) is 21.2. The molecular formula is C40H65N6O9P. The van der Waals surface area contributed by atoms with Gasteiger partial charge in [-0.3, -0.25) is 14.1 Å². The minimum atomic E-state index is -4.68. The number of rotatable bonds is 29. The fourth-order valence-electron chi connectivity index (χ4n) is 7.20. The maximum Gasteiger partial charge on any atom is 0.472 e. The quantitative estimate of drug-likeness (QED) is 0.0510. The number of amidine groups is 1. The van der Waals surface area contributed by atoms with E-state index in [9.17, 15) is 19.7 Å². The van der Waals surface area contributed by atoms with E-state index in [2.05, 4.69) is 22.0 Å². The van der Waals surface area contributed by atoms with Crippen LogP contribution in [0.4, 0.5) is 0 Å². The average molecular weight is 805 g/mol. The summed E-state index contributed by atoms with van der Waals surface area (Å²) >= 11 is 0. The number of nitriles is 1. The van der Waals surface area contributed by atoms with E-state index in [1.54, 1.807) is 17.1 Å². The largest absolute Gasteiger partial charge is 0.472 e. The number of aliphatic imine (C=N–C) groups is 1. The molecule has 1 fully saturated rings. The number of hydrogen-bond acceptors (Lipinski definition) is 14. The Morgan fingerprint density at radius 1 is 1.00 bits per heavy atom. The Bertz CT molecular complexity index is 1490. The molecule has 7 atom stereocenters. The number of nitrogens with two attached hydrogens (primary N) is 1. The first-order valence-electron chi connectivity index (χ1n) is 20.6. The Labute approximate surface area is 332 Å². The van der Waals surface area contributed by atoms with Gasteiger partial charge in [-0.25, -0.2) is 14.5 Å². The number of nitrogens with zero attached hydrogens (tertiary/aromatic N) is 5. The number of pyridine rings is 1. The molecule has 0 aliphatic carbocycles. The number of phosphoric acid groups is 1. The van der Waals surface area contributed by atoms with Crippen molar-refractivity contribution in [2.45, 2.75) is 166 Å². The van der Waals surface area contributed by atoms with E-state index in [4.69, 9.17) is 34.3 Å². The Balaban J connectivity index is 1.15. The summed E-state index contributed by atoms with van der Waals surface area (Å²) < 4.78 is 41.7. The van der Waals surface area contributed by atoms with Gasteiger partial charge >= 0.3 is 7.82 Å². The van der Waals surface area contributed by atoms with E-state index in [0.29, 0.717) is 24.3 Å². The number of hydrazone groups is 1. The van der Waals surface area contributed by atoms with Gasteiger partial charge in [-0.05, 0) is 31.4 Å². The van der Waals surface area contributed by atoms with Crippen molar-refractivity contribution in [2.75, 3.05) is 26.4 Å². The number of aliphatic hydroxyl groups excluding tert-OH is 2. The van der Waals surface area contributed by atoms with Gasteiger partial charge in [-0.2, -0.15) is 10.4 Å². The van der Waals surface area contributed by atoms with Crippen molar-refractivity contribution in [3.63, 3.8) is 0 Å². The van der Waals surface area contributed by atoms with Gasteiger partial charge in [0.2, 0.25) is 0 Å². The number of phosphoric ester groups is 1. The molecule has 314 valence electrons. The van der Waals surface area contributed by atoms with Crippen LogP contribution in [0.1, 0.15) is 134 Å². The van der Waals surface area contributed by atoms with Crippen LogP contribution in [-0.2, 0) is 34.4 Å². The van der Waals surface area contributed by atoms with E-state index in [1.165, 1.54) is 103 Å². The predicted octanol–water partition coefficient (Wildman–Crippen LogP) is 6.40. The summed E-state index contributed by atoms with van der Waals surface area (Å²) in [6, 6.07) is 4.80. The van der Waals surface area contributed by atoms with Crippen LogP contribution >= 0.6 is 7.82 Å². The van der Waals surface area contributed by atoms with Crippen LogP contribution in [0.25, 0.3) is 0 Å². The second-order valence-corrected chi connectivity index (χ2v) is 16.8. The van der Waals surface area contributed by atoms with Gasteiger partial charge in [0.1, 0.15) is 48.1 Å². The molecule has 0 radical (unpaired) electrons. The smallest absolute Gasteiger partial charge is 0.387 e. The molecule has 1 aromatic rings. The van der Waals surface area contributed by atoms with Crippen LogP contribution in [0, 0.1) is 11.3 Å². The normalized spacial score (nSPS) is 24.8. The van der Waals surface area contributed by atoms with E-state index in [0.717, 1.165) is 19.3 Å². The lowest BCUT2D eigenvalue weighted by atomic mass is 9.95. The number of fused-ring (bicyclic) bond motifs is 1. The van der Waals surface area contributed by atoms with E-state index in [1.807, 2.05) is 12.1 Å². The molecule has 56 heavy (non-hydrogen) atoms. The number of hydrogen-bond donors (Lipinski definition) is 4. The van der Waals surface area contributed by atoms with Gasteiger partial charge in [0.05, 0.1) is 38.2 Å². The lowest BCUT2D eigenvalue weighted by Crippen LogP contribution is -2.46. The Kier molecular flexibility index (Phi) is 19.9. The number of unbranched alkanes of at least 4 members (excludes halogenated alkanes) is 15. The SMILES string of the molecule is CCCCCCCCCCCCCCCCCCOC[C@@H](COP(=O)(O)OC[C@@]1(C)O[C@@H](C2CC=C3C(N)=NC=NN32)[C@H](O)[C@@H]1O)OCc1ccc(C#N)nc1. The van der Waals surface area contributed by atoms with Gasteiger partial charge in [0.15, 0.2) is 5.84 Å². The van der Waals surface area contributed by atoms with E-state index < -0.39 is 50.5 Å². The third-order valence-corrected chi connectivity index (χ3v) is 11.6. The fourth-order valence-corrected chi connectivity index (χ4v) is 8.05. The lowest BCUT2D eigenvalue weighted by Gasteiger charge is -2.32. The summed E-state index contributed by atoms with van der Waals surface area (Å²) in [6.45, 7) is 3.62. The van der Waals surface area contributed by atoms with Crippen LogP contribution in [0.3, 0.4) is 0 Å². The molecule has 15 nitrogen and oxygen atoms in total. The highest BCUT2D eigenvalue weighted by Crippen LogP contribution is 2.47. The molecule has 1 saturated heterocycles. The van der Waals surface area contributed by atoms with Crippen molar-refractivity contribution < 1.29 is 42.9 Å². The van der Waals surface area contributed by atoms with Gasteiger partial charge in [0, 0.05) is 12.8 Å². The number of ether oxygens (including phenoxy) is 3. The van der Waals surface area contributed by atoms with Crippen LogP contribution in [0.5, 0.6) is 0 Å². The summed E-state index contributed by atoms with van der Waals surface area (Å²) in [5, 5.41) is 36.8. The highest BCUT2D eigenvalue weighted by atomic mass is 31.2. The first kappa shape index (κ1) is 45.9. The molecular weight excluding hydrogens is 739 g/mol. The van der Waals surface area contributed by atoms with E-state index in [-0.39, 0.29) is 31.4 Å². The van der Waals surface area contributed by atoms with Gasteiger partial charge < -0.3 is 35.1 Å². The summed E-state index contributed by atoms with van der Waals surface area (Å²) in [7, 11) is -4.68. The fraction of sp³-hybridized carbons (Fsp3) is 0.750. The molecule has 1 aromatic heterocycles. The minimum Gasteiger partial charge on any atom is -0.387 e. The maximum absolute atomic E-state index is 13.1. The molecule has 0 amide bonds. The molecule has 4 rings (SSSR count). The molecule has 0 spiro atoms. The maximum atomic E-state index is 13.1. The number of aliphatic hydroxyl groups is 2. The van der Waals surface area contributed by atoms with Crippen molar-refractivity contribution in [3.8, 4) is 6.07 Å². The Morgan fingerprint density at radius 3 is 2.25 bits per heavy atom. The van der Waals surface area contributed by atoms with Gasteiger partial charge in [-0.1, -0.05) is 115 Å². The molecule has 0 aromatic carbocycles. The zero-order valence-corrected chi connectivity index (χ0v) is 34.3. The molecule has 0 bridgehead atoms. The first-order chi connectivity index (χ1) is 27.1. The highest BCUT2D eigenvalue weighted by Gasteiger charge is 2.56. The standard InChI is InChI=1S/C40H65N6O9P/c1-3-4-5-6-7-8-9-10-11-12-13-14-15-16-17-18-23-51-27-33(52-26-31-19-20-32(24-41)43-25-31)28-53-56(49,50)54-29-40(2)38(48)36(47)37(55-40)34-21-22-35-39(42)44-30-45-46(34)35/h19-20,22,25,30,33-34,36-38,47-48H,3-18,21,23,26-29H2,1-2H3,(H,49,50)(H2,42,44,45)/t33-,34?,36-,37-,38-,40+/m0/s1. The third-order valence-electron chi connectivity index (χ3n) is 10.6. The topological polar surface area (TPSA) is 215 Å². The molecule has 4 heterocycles. The van der Waals surface area contributed by atoms with Gasteiger partial charge in [-0.15, -0.1) is 0 Å². The Morgan fingerprint density at radius 2 is 1.64 bits per heavy atom. The lowest BCUT2D eigenvalue weighted by molar-refractivity contribution is -0.111. The monoisotopic (exact) mass is 804 g/mol. The molecule has 16 heteroatoms. The second-order valence-electron chi connectivity index (χ2n) is 15.3. The van der Waals surface area contributed by atoms with E-state index >= 15 is 0 Å².